The third-order valence-electron chi connectivity index (χ3n) is 4.51. The summed E-state index contributed by atoms with van der Waals surface area (Å²) in [7, 11) is 1.49. The van der Waals surface area contributed by atoms with Gasteiger partial charge in [-0.3, -0.25) is 14.4 Å². The van der Waals surface area contributed by atoms with Gasteiger partial charge in [0.05, 0.1) is 12.7 Å². The molecule has 0 aliphatic rings. The first-order valence-corrected chi connectivity index (χ1v) is 9.43. The lowest BCUT2D eigenvalue weighted by molar-refractivity contribution is -0.123. The molecule has 0 heterocycles. The molecule has 0 aromatic heterocycles. The Hall–Kier alpha value is -3.35. The van der Waals surface area contributed by atoms with Gasteiger partial charge in [0.15, 0.2) is 0 Å². The molecule has 7 heteroatoms. The van der Waals surface area contributed by atoms with E-state index in [1.54, 1.807) is 42.5 Å². The predicted molar refractivity (Wildman–Crippen MR) is 111 cm³/mol. The van der Waals surface area contributed by atoms with Crippen molar-refractivity contribution in [2.45, 2.75) is 26.3 Å². The van der Waals surface area contributed by atoms with E-state index in [2.05, 4.69) is 10.6 Å². The molecule has 0 saturated heterocycles. The maximum absolute atomic E-state index is 12.6. The van der Waals surface area contributed by atoms with Crippen LogP contribution in [0, 0.1) is 5.92 Å². The molecular weight excluding hydrogens is 370 g/mol. The van der Waals surface area contributed by atoms with E-state index >= 15 is 0 Å². The molecule has 1 unspecified atom stereocenters. The van der Waals surface area contributed by atoms with Crippen LogP contribution in [0.1, 0.15) is 40.1 Å². The highest BCUT2D eigenvalue weighted by molar-refractivity contribution is 5.99. The molecule has 4 N–H and O–H groups in total. The summed E-state index contributed by atoms with van der Waals surface area (Å²) in [4.78, 5) is 36.5. The average molecular weight is 397 g/mol. The van der Waals surface area contributed by atoms with Gasteiger partial charge in [0, 0.05) is 12.1 Å². The number of para-hydroxylation sites is 1. The van der Waals surface area contributed by atoms with Crippen LogP contribution in [0.2, 0.25) is 0 Å². The third kappa shape index (κ3) is 6.07. The number of hydrogen-bond donors (Lipinski definition) is 3. The molecule has 0 saturated carbocycles. The van der Waals surface area contributed by atoms with Gasteiger partial charge in [-0.15, -0.1) is 0 Å². The molecule has 0 bridgehead atoms. The lowest BCUT2D eigenvalue weighted by Gasteiger charge is -2.22. The highest BCUT2D eigenvalue weighted by Crippen LogP contribution is 2.17. The van der Waals surface area contributed by atoms with Crippen molar-refractivity contribution >= 4 is 17.7 Å². The van der Waals surface area contributed by atoms with Crippen LogP contribution in [-0.4, -0.2) is 37.4 Å². The average Bonchev–Trinajstić information content (AvgIpc) is 2.71. The fourth-order valence-corrected chi connectivity index (χ4v) is 2.91. The van der Waals surface area contributed by atoms with Gasteiger partial charge in [-0.25, -0.2) is 0 Å². The van der Waals surface area contributed by atoms with E-state index < -0.39 is 11.9 Å². The van der Waals surface area contributed by atoms with Crippen molar-refractivity contribution in [2.75, 3.05) is 13.7 Å². The second-order valence-electron chi connectivity index (χ2n) is 7.00. The van der Waals surface area contributed by atoms with Crippen molar-refractivity contribution < 1.29 is 19.1 Å². The number of carbonyl (C=O) groups is 3. The van der Waals surface area contributed by atoms with E-state index in [-0.39, 0.29) is 17.7 Å². The number of methoxy groups -OCH3 is 1. The van der Waals surface area contributed by atoms with E-state index in [0.29, 0.717) is 29.8 Å². The van der Waals surface area contributed by atoms with Crippen molar-refractivity contribution in [3.8, 4) is 5.75 Å². The van der Waals surface area contributed by atoms with Crippen LogP contribution in [0.4, 0.5) is 0 Å². The van der Waals surface area contributed by atoms with Crippen molar-refractivity contribution in [3.63, 3.8) is 0 Å². The zero-order chi connectivity index (χ0) is 21.4. The standard InChI is InChI=1S/C22H27N3O4/c1-14(2)19(25-21(27)17-9-4-5-10-18(17)29-3)22(28)24-12-11-15-7-6-8-16(13-15)20(23)26/h4-10,13-14,19H,11-12H2,1-3H3,(H2,23,26)(H,24,28)(H,25,27). The van der Waals surface area contributed by atoms with Gasteiger partial charge in [0.25, 0.3) is 5.91 Å². The van der Waals surface area contributed by atoms with Gasteiger partial charge >= 0.3 is 0 Å². The first kappa shape index (κ1) is 21.9. The third-order valence-corrected chi connectivity index (χ3v) is 4.51. The summed E-state index contributed by atoms with van der Waals surface area (Å²) in [5.74, 6) is -0.788. The Morgan fingerprint density at radius 2 is 1.79 bits per heavy atom. The molecule has 1 atom stereocenters. The predicted octanol–water partition coefficient (Wildman–Crippen LogP) is 1.91. The molecule has 29 heavy (non-hydrogen) atoms. The topological polar surface area (TPSA) is 111 Å². The molecule has 7 nitrogen and oxygen atoms in total. The number of primary amides is 1. The zero-order valence-corrected chi connectivity index (χ0v) is 16.9. The van der Waals surface area contributed by atoms with E-state index in [1.807, 2.05) is 19.9 Å². The van der Waals surface area contributed by atoms with Crippen molar-refractivity contribution in [2.24, 2.45) is 11.7 Å². The lowest BCUT2D eigenvalue weighted by atomic mass is 10.0. The summed E-state index contributed by atoms with van der Waals surface area (Å²) < 4.78 is 5.22. The molecule has 0 aliphatic heterocycles. The Morgan fingerprint density at radius 3 is 2.45 bits per heavy atom. The van der Waals surface area contributed by atoms with Crippen LogP contribution in [0.5, 0.6) is 5.75 Å². The maximum Gasteiger partial charge on any atom is 0.255 e. The molecule has 2 aromatic carbocycles. The Labute approximate surface area is 170 Å². The van der Waals surface area contributed by atoms with E-state index in [1.165, 1.54) is 7.11 Å². The number of ether oxygens (including phenoxy) is 1. The number of carbonyl (C=O) groups excluding carboxylic acids is 3. The minimum atomic E-state index is -0.690. The van der Waals surface area contributed by atoms with Crippen molar-refractivity contribution in [3.05, 3.63) is 65.2 Å². The maximum atomic E-state index is 12.6. The van der Waals surface area contributed by atoms with Gasteiger partial charge in [0.2, 0.25) is 11.8 Å². The Kier molecular flexibility index (Phi) is 7.77. The first-order valence-electron chi connectivity index (χ1n) is 9.43. The molecule has 2 rings (SSSR count). The molecule has 0 fully saturated rings. The number of benzene rings is 2. The summed E-state index contributed by atoms with van der Waals surface area (Å²) in [6.45, 7) is 4.10. The first-order chi connectivity index (χ1) is 13.8. The quantitative estimate of drug-likeness (QED) is 0.600. The van der Waals surface area contributed by atoms with Crippen LogP contribution in [0.15, 0.2) is 48.5 Å². The molecule has 2 aromatic rings. The Bertz CT molecular complexity index is 880. The Balaban J connectivity index is 1.98. The molecule has 0 aliphatic carbocycles. The number of nitrogens with one attached hydrogen (secondary N) is 2. The Morgan fingerprint density at radius 1 is 1.07 bits per heavy atom. The summed E-state index contributed by atoms with van der Waals surface area (Å²) in [5, 5.41) is 5.63. The molecule has 3 amide bonds. The highest BCUT2D eigenvalue weighted by atomic mass is 16.5. The van der Waals surface area contributed by atoms with Crippen molar-refractivity contribution in [1.82, 2.24) is 10.6 Å². The lowest BCUT2D eigenvalue weighted by Crippen LogP contribution is -2.50. The SMILES string of the molecule is COc1ccccc1C(=O)NC(C(=O)NCCc1cccc(C(N)=O)c1)C(C)C. The minimum absolute atomic E-state index is 0.105. The van der Waals surface area contributed by atoms with Crippen LogP contribution in [0.3, 0.4) is 0 Å². The van der Waals surface area contributed by atoms with Crippen LogP contribution in [0.25, 0.3) is 0 Å². The number of nitrogens with two attached hydrogens (primary N) is 1. The van der Waals surface area contributed by atoms with E-state index in [0.717, 1.165) is 5.56 Å². The minimum Gasteiger partial charge on any atom is -0.496 e. The van der Waals surface area contributed by atoms with E-state index in [4.69, 9.17) is 10.5 Å². The van der Waals surface area contributed by atoms with Gasteiger partial charge in [0.1, 0.15) is 11.8 Å². The fourth-order valence-electron chi connectivity index (χ4n) is 2.91. The number of amides is 3. The van der Waals surface area contributed by atoms with Crippen LogP contribution >= 0.6 is 0 Å². The van der Waals surface area contributed by atoms with Gasteiger partial charge in [-0.2, -0.15) is 0 Å². The molecular formula is C22H27N3O4. The molecule has 0 radical (unpaired) electrons. The largest absolute Gasteiger partial charge is 0.496 e. The van der Waals surface area contributed by atoms with Crippen LogP contribution in [-0.2, 0) is 11.2 Å². The fraction of sp³-hybridized carbons (Fsp3) is 0.318. The number of rotatable bonds is 9. The smallest absolute Gasteiger partial charge is 0.255 e. The summed E-state index contributed by atoms with van der Waals surface area (Å²) in [5.41, 5.74) is 6.98. The van der Waals surface area contributed by atoms with Crippen LogP contribution < -0.4 is 21.1 Å². The van der Waals surface area contributed by atoms with E-state index in [9.17, 15) is 14.4 Å². The summed E-state index contributed by atoms with van der Waals surface area (Å²) in [6, 6.07) is 13.1. The second kappa shape index (κ2) is 10.3. The number of hydrogen-bond acceptors (Lipinski definition) is 4. The van der Waals surface area contributed by atoms with Crippen molar-refractivity contribution in [1.29, 1.82) is 0 Å². The normalized spacial score (nSPS) is 11.6. The monoisotopic (exact) mass is 397 g/mol. The van der Waals surface area contributed by atoms with Gasteiger partial charge in [-0.05, 0) is 42.2 Å². The zero-order valence-electron chi connectivity index (χ0n) is 16.9. The summed E-state index contributed by atoms with van der Waals surface area (Å²) in [6.07, 6.45) is 0.540. The summed E-state index contributed by atoms with van der Waals surface area (Å²) >= 11 is 0. The second-order valence-corrected chi connectivity index (χ2v) is 7.00. The molecule has 154 valence electrons. The van der Waals surface area contributed by atoms with Gasteiger partial charge < -0.3 is 21.1 Å². The van der Waals surface area contributed by atoms with Gasteiger partial charge in [-0.1, -0.05) is 38.1 Å². The molecule has 0 spiro atoms. The highest BCUT2D eigenvalue weighted by Gasteiger charge is 2.25.